The Kier molecular flexibility index (Phi) is 7.16. The minimum absolute atomic E-state index is 0.0280. The number of carbonyl (C=O) groups is 2. The minimum atomic E-state index is -0.299. The summed E-state index contributed by atoms with van der Waals surface area (Å²) in [5, 5.41) is 9.07. The zero-order valence-corrected chi connectivity index (χ0v) is 21.3. The van der Waals surface area contributed by atoms with Crippen LogP contribution in [0.4, 0.5) is 23.1 Å². The fourth-order valence-corrected chi connectivity index (χ4v) is 4.27. The van der Waals surface area contributed by atoms with Crippen LogP contribution in [0.1, 0.15) is 35.5 Å². The lowest BCUT2D eigenvalue weighted by Gasteiger charge is -2.22. The molecule has 0 aliphatic carbocycles. The summed E-state index contributed by atoms with van der Waals surface area (Å²) >= 11 is 0. The quantitative estimate of drug-likeness (QED) is 0.443. The van der Waals surface area contributed by atoms with Gasteiger partial charge in [0.15, 0.2) is 0 Å². The van der Waals surface area contributed by atoms with Gasteiger partial charge in [0.1, 0.15) is 5.82 Å². The maximum absolute atomic E-state index is 13.2. The van der Waals surface area contributed by atoms with E-state index in [0.29, 0.717) is 42.7 Å². The van der Waals surface area contributed by atoms with Gasteiger partial charge in [-0.3, -0.25) is 9.59 Å². The van der Waals surface area contributed by atoms with E-state index in [9.17, 15) is 9.59 Å². The van der Waals surface area contributed by atoms with E-state index >= 15 is 0 Å². The van der Waals surface area contributed by atoms with Crippen LogP contribution in [0.5, 0.6) is 0 Å². The van der Waals surface area contributed by atoms with E-state index in [2.05, 4.69) is 44.7 Å². The molecule has 0 radical (unpaired) electrons. The molecule has 0 unspecified atom stereocenters. The molecule has 0 saturated carbocycles. The van der Waals surface area contributed by atoms with E-state index in [1.165, 1.54) is 0 Å². The second-order valence-electron chi connectivity index (χ2n) is 9.66. The van der Waals surface area contributed by atoms with Gasteiger partial charge in [0, 0.05) is 42.8 Å². The molecule has 1 aliphatic rings. The highest BCUT2D eigenvalue weighted by atomic mass is 16.2. The largest absolute Gasteiger partial charge is 0.364 e. The van der Waals surface area contributed by atoms with Crippen molar-refractivity contribution in [2.45, 2.75) is 25.8 Å². The highest BCUT2D eigenvalue weighted by Gasteiger charge is 2.38. The molecule has 10 heteroatoms. The van der Waals surface area contributed by atoms with Crippen molar-refractivity contribution in [1.29, 1.82) is 0 Å². The Morgan fingerprint density at radius 1 is 1.11 bits per heavy atom. The molecule has 188 valence electrons. The zero-order chi connectivity index (χ0) is 25.9. The van der Waals surface area contributed by atoms with Crippen molar-refractivity contribution >= 4 is 35.0 Å². The second-order valence-corrected chi connectivity index (χ2v) is 9.66. The number of nitrogens with one attached hydrogen (secondary N) is 3. The topological polar surface area (TPSA) is 115 Å². The van der Waals surface area contributed by atoms with Crippen LogP contribution in [0.25, 0.3) is 0 Å². The van der Waals surface area contributed by atoms with Crippen LogP contribution in [0, 0.1) is 0 Å². The minimum Gasteiger partial charge on any atom is -0.364 e. The molecule has 4 rings (SSSR count). The van der Waals surface area contributed by atoms with Crippen molar-refractivity contribution in [1.82, 2.24) is 19.9 Å². The van der Waals surface area contributed by atoms with Crippen LogP contribution in [0.15, 0.2) is 48.8 Å². The SMILES string of the molecule is CNc1nccc(CNc2ncccc2C(=O)Nc2ccc3c(c2)N(C(=O)CN(C)C)CC3(C)C)n1. The molecule has 3 N–H and O–H groups in total. The number of likely N-dealkylation sites (N-methyl/N-ethyl adjacent to an activating group) is 1. The van der Waals surface area contributed by atoms with Crippen LogP contribution in [-0.2, 0) is 16.8 Å². The molecule has 0 bridgehead atoms. The molecular weight excluding hydrogens is 456 g/mol. The number of aromatic nitrogens is 3. The van der Waals surface area contributed by atoms with Crippen LogP contribution in [-0.4, -0.2) is 65.9 Å². The predicted molar refractivity (Wildman–Crippen MR) is 141 cm³/mol. The van der Waals surface area contributed by atoms with Crippen LogP contribution in [0.3, 0.4) is 0 Å². The lowest BCUT2D eigenvalue weighted by Crippen LogP contribution is -2.39. The van der Waals surface area contributed by atoms with Crippen molar-refractivity contribution in [2.24, 2.45) is 0 Å². The number of pyridine rings is 1. The number of anilines is 4. The molecule has 36 heavy (non-hydrogen) atoms. The van der Waals surface area contributed by atoms with Gasteiger partial charge in [-0.05, 0) is 50.0 Å². The summed E-state index contributed by atoms with van der Waals surface area (Å²) in [6.07, 6.45) is 3.30. The fourth-order valence-electron chi connectivity index (χ4n) is 4.27. The number of fused-ring (bicyclic) bond motifs is 1. The van der Waals surface area contributed by atoms with Crippen molar-refractivity contribution < 1.29 is 9.59 Å². The number of amides is 2. The maximum atomic E-state index is 13.2. The highest BCUT2D eigenvalue weighted by Crippen LogP contribution is 2.42. The molecule has 3 aromatic rings. The third-order valence-electron chi connectivity index (χ3n) is 6.01. The third-order valence-corrected chi connectivity index (χ3v) is 6.01. The number of rotatable bonds is 8. The number of nitrogens with zero attached hydrogens (tertiary/aromatic N) is 5. The Hall–Kier alpha value is -4.05. The van der Waals surface area contributed by atoms with Gasteiger partial charge >= 0.3 is 0 Å². The summed E-state index contributed by atoms with van der Waals surface area (Å²) in [7, 11) is 5.51. The molecular formula is C26H32N8O2. The fraction of sp³-hybridized carbons (Fsp3) is 0.346. The van der Waals surface area contributed by atoms with Crippen LogP contribution in [0.2, 0.25) is 0 Å². The predicted octanol–water partition coefficient (Wildman–Crippen LogP) is 2.96. The molecule has 2 amide bonds. The standard InChI is InChI=1S/C26H32N8O2/c1-26(2)16-34(22(35)15-33(4)5)21-13-17(8-9-20(21)26)31-24(36)19-7-6-11-28-23(19)30-14-18-10-12-29-25(27-3)32-18/h6-13H,14-16H2,1-5H3,(H,28,30)(H,31,36)(H,27,29,32). The molecule has 0 fully saturated rings. The number of carbonyl (C=O) groups excluding carboxylic acids is 2. The van der Waals surface area contributed by atoms with Gasteiger partial charge in [0.05, 0.1) is 24.3 Å². The first-order chi connectivity index (χ1) is 17.2. The van der Waals surface area contributed by atoms with Gasteiger partial charge in [-0.15, -0.1) is 0 Å². The van der Waals surface area contributed by atoms with Crippen molar-refractivity contribution in [2.75, 3.05) is 55.1 Å². The first-order valence-corrected chi connectivity index (χ1v) is 11.8. The Labute approximate surface area is 211 Å². The van der Waals surface area contributed by atoms with Gasteiger partial charge in [-0.25, -0.2) is 15.0 Å². The Bertz CT molecular complexity index is 1270. The number of hydrogen-bond donors (Lipinski definition) is 3. The monoisotopic (exact) mass is 488 g/mol. The average Bonchev–Trinajstić information content (AvgIpc) is 3.12. The summed E-state index contributed by atoms with van der Waals surface area (Å²) in [6.45, 7) is 5.54. The van der Waals surface area contributed by atoms with E-state index in [1.807, 2.05) is 42.1 Å². The molecule has 2 aromatic heterocycles. The molecule has 3 heterocycles. The van der Waals surface area contributed by atoms with E-state index in [1.54, 1.807) is 37.6 Å². The summed E-state index contributed by atoms with van der Waals surface area (Å²) < 4.78 is 0. The van der Waals surface area contributed by atoms with Gasteiger partial charge in [0.25, 0.3) is 5.91 Å². The summed E-state index contributed by atoms with van der Waals surface area (Å²) in [5.74, 6) is 0.698. The average molecular weight is 489 g/mol. The van der Waals surface area contributed by atoms with E-state index in [-0.39, 0.29) is 17.2 Å². The lowest BCUT2D eigenvalue weighted by atomic mass is 9.87. The highest BCUT2D eigenvalue weighted by molar-refractivity contribution is 6.08. The van der Waals surface area contributed by atoms with E-state index < -0.39 is 0 Å². The number of benzene rings is 1. The van der Waals surface area contributed by atoms with E-state index in [0.717, 1.165) is 16.9 Å². The molecule has 1 aromatic carbocycles. The molecule has 0 spiro atoms. The van der Waals surface area contributed by atoms with Gasteiger partial charge in [0.2, 0.25) is 11.9 Å². The first kappa shape index (κ1) is 25.1. The normalized spacial score (nSPS) is 13.9. The van der Waals surface area contributed by atoms with Crippen molar-refractivity contribution in [3.05, 3.63) is 65.6 Å². The second kappa shape index (κ2) is 10.3. The smallest absolute Gasteiger partial charge is 0.259 e. The van der Waals surface area contributed by atoms with E-state index in [4.69, 9.17) is 0 Å². The Morgan fingerprint density at radius 3 is 2.67 bits per heavy atom. The molecule has 0 atom stereocenters. The molecule has 0 saturated heterocycles. The Morgan fingerprint density at radius 2 is 1.92 bits per heavy atom. The molecule has 10 nitrogen and oxygen atoms in total. The maximum Gasteiger partial charge on any atom is 0.259 e. The number of hydrogen-bond acceptors (Lipinski definition) is 8. The van der Waals surface area contributed by atoms with Gasteiger partial charge in [-0.2, -0.15) is 0 Å². The lowest BCUT2D eigenvalue weighted by molar-refractivity contribution is -0.119. The Balaban J connectivity index is 1.53. The van der Waals surface area contributed by atoms with Crippen molar-refractivity contribution in [3.63, 3.8) is 0 Å². The van der Waals surface area contributed by atoms with Crippen LogP contribution < -0.4 is 20.9 Å². The van der Waals surface area contributed by atoms with Crippen molar-refractivity contribution in [3.8, 4) is 0 Å². The van der Waals surface area contributed by atoms with Gasteiger partial charge < -0.3 is 25.8 Å². The molecule has 1 aliphatic heterocycles. The summed E-state index contributed by atoms with van der Waals surface area (Å²) in [4.78, 5) is 42.6. The first-order valence-electron chi connectivity index (χ1n) is 11.8. The summed E-state index contributed by atoms with van der Waals surface area (Å²) in [6, 6.07) is 11.0. The third kappa shape index (κ3) is 5.44. The summed E-state index contributed by atoms with van der Waals surface area (Å²) in [5.41, 5.74) is 3.52. The van der Waals surface area contributed by atoms with Gasteiger partial charge in [-0.1, -0.05) is 19.9 Å². The zero-order valence-electron chi connectivity index (χ0n) is 21.3. The van der Waals surface area contributed by atoms with Crippen LogP contribution >= 0.6 is 0 Å².